The van der Waals surface area contributed by atoms with E-state index in [1.807, 2.05) is 6.92 Å². The molecule has 3 N–H and O–H groups in total. The largest absolute Gasteiger partial charge is 0.320 e. The third-order valence-electron chi connectivity index (χ3n) is 1.27. The first-order valence-corrected chi connectivity index (χ1v) is 3.07. The van der Waals surface area contributed by atoms with Crippen LogP contribution in [0.3, 0.4) is 0 Å². The molecule has 0 aromatic carbocycles. The smallest absolute Gasteiger partial charge is 0.110 e. The Morgan fingerprint density at radius 2 is 2.60 bits per heavy atom. The van der Waals surface area contributed by atoms with Crippen molar-refractivity contribution < 1.29 is 4.39 Å². The summed E-state index contributed by atoms with van der Waals surface area (Å²) in [5.74, 6) is 0. The highest BCUT2D eigenvalue weighted by Crippen LogP contribution is 2.07. The van der Waals surface area contributed by atoms with Crippen molar-refractivity contribution in [2.45, 2.75) is 13.0 Å². The molecule has 3 nitrogen and oxygen atoms in total. The molecule has 0 saturated carbocycles. The van der Waals surface area contributed by atoms with Crippen LogP contribution in [0.5, 0.6) is 0 Å². The molecular weight excluding hydrogens is 133 g/mol. The normalized spacial score (nSPS) is 13.5. The molecular formula is C6H10FN3. The fraction of sp³-hybridized carbons (Fsp3) is 0.500. The molecule has 1 aromatic heterocycles. The number of rotatable bonds is 2. The molecule has 0 aliphatic heterocycles. The predicted octanol–water partition coefficient (Wildman–Crippen LogP) is 0.687. The molecule has 56 valence electrons. The molecule has 0 amide bonds. The summed E-state index contributed by atoms with van der Waals surface area (Å²) in [7, 11) is 0. The molecule has 10 heavy (non-hydrogen) atoms. The van der Waals surface area contributed by atoms with Crippen LogP contribution >= 0.6 is 0 Å². The zero-order valence-corrected chi connectivity index (χ0v) is 5.76. The van der Waals surface area contributed by atoms with Crippen molar-refractivity contribution in [3.8, 4) is 0 Å². The van der Waals surface area contributed by atoms with Gasteiger partial charge >= 0.3 is 0 Å². The highest BCUT2D eigenvalue weighted by atomic mass is 19.1. The number of hydrogen-bond acceptors (Lipinski definition) is 2. The Hall–Kier alpha value is -0.900. The van der Waals surface area contributed by atoms with Crippen molar-refractivity contribution in [2.24, 2.45) is 5.73 Å². The minimum atomic E-state index is -0.579. The monoisotopic (exact) mass is 143 g/mol. The number of alkyl halides is 1. The zero-order chi connectivity index (χ0) is 7.56. The Kier molecular flexibility index (Phi) is 2.01. The van der Waals surface area contributed by atoms with Crippen LogP contribution in [0.25, 0.3) is 0 Å². The lowest BCUT2D eigenvalue weighted by Crippen LogP contribution is -2.12. The van der Waals surface area contributed by atoms with E-state index in [-0.39, 0.29) is 0 Å². The van der Waals surface area contributed by atoms with Crippen LogP contribution in [0.2, 0.25) is 0 Å². The van der Waals surface area contributed by atoms with Gasteiger partial charge in [0.25, 0.3) is 0 Å². The van der Waals surface area contributed by atoms with E-state index >= 15 is 0 Å². The third kappa shape index (κ3) is 1.33. The standard InChI is InChI=1S/C6H10FN3/c1-4-2-6(10-9-4)5(8)3-7/h2,5H,3,8H2,1H3,(H,9,10). The summed E-state index contributed by atoms with van der Waals surface area (Å²) in [5.41, 5.74) is 6.84. The van der Waals surface area contributed by atoms with E-state index in [2.05, 4.69) is 10.2 Å². The summed E-state index contributed by atoms with van der Waals surface area (Å²) in [6.45, 7) is 1.28. The molecule has 1 aromatic rings. The molecule has 0 aliphatic carbocycles. The highest BCUT2D eigenvalue weighted by Gasteiger charge is 2.07. The van der Waals surface area contributed by atoms with Crippen LogP contribution in [-0.2, 0) is 0 Å². The van der Waals surface area contributed by atoms with E-state index in [1.165, 1.54) is 0 Å². The van der Waals surface area contributed by atoms with E-state index in [0.29, 0.717) is 5.69 Å². The van der Waals surface area contributed by atoms with Crippen LogP contribution in [0.1, 0.15) is 17.4 Å². The predicted molar refractivity (Wildman–Crippen MR) is 36.2 cm³/mol. The van der Waals surface area contributed by atoms with Crippen LogP contribution in [0, 0.1) is 6.92 Å². The number of nitrogens with two attached hydrogens (primary N) is 1. The van der Waals surface area contributed by atoms with Crippen LogP contribution in [0.4, 0.5) is 4.39 Å². The Balaban J connectivity index is 2.74. The Morgan fingerprint density at radius 3 is 3.00 bits per heavy atom. The van der Waals surface area contributed by atoms with Crippen molar-refractivity contribution in [2.75, 3.05) is 6.67 Å². The molecule has 0 bridgehead atoms. The maximum absolute atomic E-state index is 11.9. The maximum atomic E-state index is 11.9. The van der Waals surface area contributed by atoms with Gasteiger partial charge < -0.3 is 5.73 Å². The Bertz CT molecular complexity index is 209. The van der Waals surface area contributed by atoms with E-state index in [0.717, 1.165) is 5.69 Å². The van der Waals surface area contributed by atoms with Gasteiger partial charge in [-0.25, -0.2) is 4.39 Å². The number of nitrogens with one attached hydrogen (secondary N) is 1. The molecule has 1 rings (SSSR count). The van der Waals surface area contributed by atoms with E-state index in [9.17, 15) is 4.39 Å². The fourth-order valence-electron chi connectivity index (χ4n) is 0.708. The number of H-pyrrole nitrogens is 1. The summed E-state index contributed by atoms with van der Waals surface area (Å²) >= 11 is 0. The average Bonchev–Trinajstić information content (AvgIpc) is 2.34. The van der Waals surface area contributed by atoms with Gasteiger partial charge in [-0.3, -0.25) is 5.10 Å². The number of aromatic nitrogens is 2. The number of aromatic amines is 1. The minimum Gasteiger partial charge on any atom is -0.320 e. The summed E-state index contributed by atoms with van der Waals surface area (Å²) in [4.78, 5) is 0. The lowest BCUT2D eigenvalue weighted by molar-refractivity contribution is 0.432. The molecule has 0 radical (unpaired) electrons. The summed E-state index contributed by atoms with van der Waals surface area (Å²) in [5, 5.41) is 6.48. The second-order valence-electron chi connectivity index (χ2n) is 2.24. The number of nitrogens with zero attached hydrogens (tertiary/aromatic N) is 1. The molecule has 0 aliphatic rings. The van der Waals surface area contributed by atoms with Gasteiger partial charge in [0.05, 0.1) is 11.7 Å². The van der Waals surface area contributed by atoms with E-state index < -0.39 is 12.7 Å². The molecule has 1 unspecified atom stereocenters. The van der Waals surface area contributed by atoms with Crippen LogP contribution in [-0.4, -0.2) is 16.9 Å². The minimum absolute atomic E-state index is 0.565. The molecule has 1 heterocycles. The second kappa shape index (κ2) is 2.79. The molecule has 1 atom stereocenters. The molecule has 0 saturated heterocycles. The van der Waals surface area contributed by atoms with Gasteiger partial charge in [0, 0.05) is 5.69 Å². The van der Waals surface area contributed by atoms with E-state index in [4.69, 9.17) is 5.73 Å². The number of halogens is 1. The Labute approximate surface area is 58.4 Å². The van der Waals surface area contributed by atoms with Crippen LogP contribution < -0.4 is 5.73 Å². The maximum Gasteiger partial charge on any atom is 0.110 e. The first kappa shape index (κ1) is 7.21. The number of aryl methyl sites for hydroxylation is 1. The quantitative estimate of drug-likeness (QED) is 0.639. The first-order valence-electron chi connectivity index (χ1n) is 3.07. The van der Waals surface area contributed by atoms with Crippen molar-refractivity contribution in [3.63, 3.8) is 0 Å². The average molecular weight is 143 g/mol. The van der Waals surface area contributed by atoms with Gasteiger partial charge in [-0.15, -0.1) is 0 Å². The molecule has 0 spiro atoms. The first-order chi connectivity index (χ1) is 4.74. The van der Waals surface area contributed by atoms with Gasteiger partial charge in [-0.05, 0) is 13.0 Å². The second-order valence-corrected chi connectivity index (χ2v) is 2.24. The topological polar surface area (TPSA) is 54.7 Å². The van der Waals surface area contributed by atoms with Gasteiger partial charge in [0.15, 0.2) is 0 Å². The van der Waals surface area contributed by atoms with Crippen molar-refractivity contribution in [3.05, 3.63) is 17.5 Å². The SMILES string of the molecule is Cc1cc(C(N)CF)n[nH]1. The van der Waals surface area contributed by atoms with Gasteiger partial charge in [0.1, 0.15) is 6.67 Å². The van der Waals surface area contributed by atoms with Gasteiger partial charge in [-0.1, -0.05) is 0 Å². The third-order valence-corrected chi connectivity index (χ3v) is 1.27. The Morgan fingerprint density at radius 1 is 1.90 bits per heavy atom. The molecule has 4 heteroatoms. The zero-order valence-electron chi connectivity index (χ0n) is 5.76. The lowest BCUT2D eigenvalue weighted by atomic mass is 10.2. The van der Waals surface area contributed by atoms with Gasteiger partial charge in [-0.2, -0.15) is 5.10 Å². The van der Waals surface area contributed by atoms with Crippen molar-refractivity contribution in [1.82, 2.24) is 10.2 Å². The fourth-order valence-corrected chi connectivity index (χ4v) is 0.708. The highest BCUT2D eigenvalue weighted by molar-refractivity contribution is 5.10. The van der Waals surface area contributed by atoms with Crippen LogP contribution in [0.15, 0.2) is 6.07 Å². The summed E-state index contributed by atoms with van der Waals surface area (Å²) in [6.07, 6.45) is 0. The van der Waals surface area contributed by atoms with E-state index in [1.54, 1.807) is 6.07 Å². The molecule has 0 fully saturated rings. The summed E-state index contributed by atoms with van der Waals surface area (Å²) in [6, 6.07) is 1.16. The van der Waals surface area contributed by atoms with Crippen molar-refractivity contribution >= 4 is 0 Å². The van der Waals surface area contributed by atoms with Crippen molar-refractivity contribution in [1.29, 1.82) is 0 Å². The number of hydrogen-bond donors (Lipinski definition) is 2. The summed E-state index contributed by atoms with van der Waals surface area (Å²) < 4.78 is 11.9. The lowest BCUT2D eigenvalue weighted by Gasteiger charge is -1.99. The van der Waals surface area contributed by atoms with Gasteiger partial charge in [0.2, 0.25) is 0 Å².